The fourth-order valence-corrected chi connectivity index (χ4v) is 2.31. The van der Waals surface area contributed by atoms with Crippen molar-refractivity contribution >= 4 is 17.5 Å². The van der Waals surface area contributed by atoms with Gasteiger partial charge in [0.2, 0.25) is 11.8 Å². The number of nitrogens with zero attached hydrogens (tertiary/aromatic N) is 1. The number of rotatable bonds is 5. The van der Waals surface area contributed by atoms with Crippen LogP contribution in [0.3, 0.4) is 0 Å². The number of carbonyl (C=O) groups is 2. The maximum absolute atomic E-state index is 12.0. The Kier molecular flexibility index (Phi) is 5.16. The van der Waals surface area contributed by atoms with E-state index in [-0.39, 0.29) is 18.2 Å². The number of aromatic nitrogens is 2. The summed E-state index contributed by atoms with van der Waals surface area (Å²) in [6.45, 7) is 8.05. The van der Waals surface area contributed by atoms with Crippen molar-refractivity contribution in [3.8, 4) is 0 Å². The van der Waals surface area contributed by atoms with Crippen LogP contribution >= 0.6 is 0 Å². The van der Waals surface area contributed by atoms with Crippen LogP contribution in [0.15, 0.2) is 18.2 Å². The standard InChI is InChI=1S/C17H22N4O2/c1-10-6-5-7-15(11(10)2)19-17(23)8-16(22)18-9-14-12(3)20-21-13(14)4/h5-7H,8-9H2,1-4H3,(H,18,22)(H,19,23)(H,20,21). The lowest BCUT2D eigenvalue weighted by Crippen LogP contribution is -2.28. The normalized spacial score (nSPS) is 10.4. The fraction of sp³-hybridized carbons (Fsp3) is 0.353. The predicted molar refractivity (Wildman–Crippen MR) is 89.1 cm³/mol. The average Bonchev–Trinajstić information content (AvgIpc) is 2.80. The molecule has 0 aliphatic heterocycles. The van der Waals surface area contributed by atoms with Crippen LogP contribution in [0.25, 0.3) is 0 Å². The first-order valence-corrected chi connectivity index (χ1v) is 7.51. The molecule has 122 valence electrons. The Balaban J connectivity index is 1.88. The Morgan fingerprint density at radius 1 is 1.13 bits per heavy atom. The summed E-state index contributed by atoms with van der Waals surface area (Å²) in [5, 5.41) is 12.5. The first kappa shape index (κ1) is 16.7. The molecule has 0 atom stereocenters. The summed E-state index contributed by atoms with van der Waals surface area (Å²) in [5.74, 6) is -0.635. The SMILES string of the molecule is Cc1cccc(NC(=O)CC(=O)NCc2c(C)n[nH]c2C)c1C. The lowest BCUT2D eigenvalue weighted by atomic mass is 10.1. The van der Waals surface area contributed by atoms with Gasteiger partial charge in [0, 0.05) is 23.5 Å². The van der Waals surface area contributed by atoms with Gasteiger partial charge in [-0.3, -0.25) is 14.7 Å². The molecule has 0 spiro atoms. The van der Waals surface area contributed by atoms with E-state index in [1.165, 1.54) is 0 Å². The summed E-state index contributed by atoms with van der Waals surface area (Å²) in [6, 6.07) is 5.69. The number of hydrogen-bond donors (Lipinski definition) is 3. The van der Waals surface area contributed by atoms with Crippen LogP contribution in [-0.4, -0.2) is 22.0 Å². The number of benzene rings is 1. The second kappa shape index (κ2) is 7.09. The molecule has 0 saturated carbocycles. The Labute approximate surface area is 135 Å². The minimum atomic E-state index is -0.322. The molecule has 3 N–H and O–H groups in total. The zero-order chi connectivity index (χ0) is 17.0. The van der Waals surface area contributed by atoms with Crippen LogP contribution in [0.4, 0.5) is 5.69 Å². The number of amides is 2. The summed E-state index contributed by atoms with van der Waals surface area (Å²) >= 11 is 0. The molecule has 2 rings (SSSR count). The van der Waals surface area contributed by atoms with Crippen LogP contribution in [-0.2, 0) is 16.1 Å². The number of aryl methyl sites for hydroxylation is 3. The molecule has 0 radical (unpaired) electrons. The van der Waals surface area contributed by atoms with Gasteiger partial charge in [-0.05, 0) is 44.9 Å². The van der Waals surface area contributed by atoms with E-state index in [1.807, 2.05) is 45.9 Å². The third kappa shape index (κ3) is 4.18. The summed E-state index contributed by atoms with van der Waals surface area (Å²) in [6.07, 6.45) is -0.205. The quantitative estimate of drug-likeness (QED) is 0.740. The highest BCUT2D eigenvalue weighted by molar-refractivity contribution is 6.03. The molecule has 1 heterocycles. The van der Waals surface area contributed by atoms with Crippen LogP contribution in [0.1, 0.15) is 34.5 Å². The van der Waals surface area contributed by atoms with Gasteiger partial charge in [-0.1, -0.05) is 12.1 Å². The van der Waals surface area contributed by atoms with E-state index in [2.05, 4.69) is 20.8 Å². The van der Waals surface area contributed by atoms with Crippen LogP contribution in [0, 0.1) is 27.7 Å². The smallest absolute Gasteiger partial charge is 0.233 e. The molecule has 0 aliphatic rings. The molecule has 6 nitrogen and oxygen atoms in total. The van der Waals surface area contributed by atoms with Gasteiger partial charge < -0.3 is 10.6 Å². The molecule has 2 aromatic rings. The lowest BCUT2D eigenvalue weighted by molar-refractivity contribution is -0.126. The topological polar surface area (TPSA) is 86.9 Å². The van der Waals surface area contributed by atoms with E-state index in [0.29, 0.717) is 6.54 Å². The molecule has 1 aromatic carbocycles. The monoisotopic (exact) mass is 314 g/mol. The van der Waals surface area contributed by atoms with E-state index in [1.54, 1.807) is 0 Å². The van der Waals surface area contributed by atoms with Crippen molar-refractivity contribution in [1.82, 2.24) is 15.5 Å². The van der Waals surface area contributed by atoms with Gasteiger partial charge in [-0.25, -0.2) is 0 Å². The third-order valence-corrected chi connectivity index (χ3v) is 3.94. The number of nitrogens with one attached hydrogen (secondary N) is 3. The Morgan fingerprint density at radius 3 is 2.52 bits per heavy atom. The molecule has 23 heavy (non-hydrogen) atoms. The van der Waals surface area contributed by atoms with Crippen LogP contribution in [0.5, 0.6) is 0 Å². The Hall–Kier alpha value is -2.63. The molecule has 0 bridgehead atoms. The molecule has 1 aromatic heterocycles. The Morgan fingerprint density at radius 2 is 1.87 bits per heavy atom. The lowest BCUT2D eigenvalue weighted by Gasteiger charge is -2.10. The maximum Gasteiger partial charge on any atom is 0.233 e. The summed E-state index contributed by atoms with van der Waals surface area (Å²) in [7, 11) is 0. The highest BCUT2D eigenvalue weighted by Crippen LogP contribution is 2.18. The summed E-state index contributed by atoms with van der Waals surface area (Å²) in [5.41, 5.74) is 5.56. The molecule has 0 fully saturated rings. The molecule has 0 aliphatic carbocycles. The second-order valence-corrected chi connectivity index (χ2v) is 5.66. The average molecular weight is 314 g/mol. The highest BCUT2D eigenvalue weighted by Gasteiger charge is 2.13. The van der Waals surface area contributed by atoms with E-state index in [0.717, 1.165) is 33.8 Å². The number of anilines is 1. The fourth-order valence-electron chi connectivity index (χ4n) is 2.31. The van der Waals surface area contributed by atoms with Gasteiger partial charge in [0.15, 0.2) is 0 Å². The third-order valence-electron chi connectivity index (χ3n) is 3.94. The van der Waals surface area contributed by atoms with Crippen LogP contribution < -0.4 is 10.6 Å². The minimum Gasteiger partial charge on any atom is -0.351 e. The van der Waals surface area contributed by atoms with E-state index in [4.69, 9.17) is 0 Å². The van der Waals surface area contributed by atoms with Crippen LogP contribution in [0.2, 0.25) is 0 Å². The van der Waals surface area contributed by atoms with Gasteiger partial charge in [-0.15, -0.1) is 0 Å². The van der Waals surface area contributed by atoms with Crippen molar-refractivity contribution in [2.45, 2.75) is 40.7 Å². The number of H-pyrrole nitrogens is 1. The van der Waals surface area contributed by atoms with Crippen molar-refractivity contribution in [3.05, 3.63) is 46.3 Å². The molecule has 6 heteroatoms. The summed E-state index contributed by atoms with van der Waals surface area (Å²) < 4.78 is 0. The molecular weight excluding hydrogens is 292 g/mol. The molecule has 0 unspecified atom stereocenters. The first-order chi connectivity index (χ1) is 10.9. The van der Waals surface area contributed by atoms with Crippen molar-refractivity contribution < 1.29 is 9.59 Å². The van der Waals surface area contributed by atoms with E-state index in [9.17, 15) is 9.59 Å². The molecule has 2 amide bonds. The number of hydrogen-bond acceptors (Lipinski definition) is 3. The first-order valence-electron chi connectivity index (χ1n) is 7.51. The van der Waals surface area contributed by atoms with Crippen molar-refractivity contribution in [2.75, 3.05) is 5.32 Å². The molecular formula is C17H22N4O2. The zero-order valence-corrected chi connectivity index (χ0v) is 13.9. The zero-order valence-electron chi connectivity index (χ0n) is 13.9. The van der Waals surface area contributed by atoms with E-state index >= 15 is 0 Å². The van der Waals surface area contributed by atoms with Crippen molar-refractivity contribution in [1.29, 1.82) is 0 Å². The van der Waals surface area contributed by atoms with Gasteiger partial charge >= 0.3 is 0 Å². The van der Waals surface area contributed by atoms with Gasteiger partial charge in [0.05, 0.1) is 5.69 Å². The number of carbonyl (C=O) groups excluding carboxylic acids is 2. The summed E-state index contributed by atoms with van der Waals surface area (Å²) in [4.78, 5) is 23.9. The Bertz CT molecular complexity index is 715. The van der Waals surface area contributed by atoms with Gasteiger partial charge in [-0.2, -0.15) is 5.10 Å². The molecule has 0 saturated heterocycles. The largest absolute Gasteiger partial charge is 0.351 e. The number of aromatic amines is 1. The highest BCUT2D eigenvalue weighted by atomic mass is 16.2. The van der Waals surface area contributed by atoms with E-state index < -0.39 is 0 Å². The van der Waals surface area contributed by atoms with Crippen molar-refractivity contribution in [2.24, 2.45) is 0 Å². The maximum atomic E-state index is 12.0. The predicted octanol–water partition coefficient (Wildman–Crippen LogP) is 2.29. The van der Waals surface area contributed by atoms with Gasteiger partial charge in [0.1, 0.15) is 6.42 Å². The second-order valence-electron chi connectivity index (χ2n) is 5.66. The minimum absolute atomic E-state index is 0.205. The van der Waals surface area contributed by atoms with Crippen molar-refractivity contribution in [3.63, 3.8) is 0 Å². The van der Waals surface area contributed by atoms with Gasteiger partial charge in [0.25, 0.3) is 0 Å².